The summed E-state index contributed by atoms with van der Waals surface area (Å²) in [6.45, 7) is 0.509. The SMILES string of the molecule is Nc1cc2ccn(NCCO)c2cc1O. The molecule has 80 valence electrons. The molecule has 0 amide bonds. The summed E-state index contributed by atoms with van der Waals surface area (Å²) in [6.07, 6.45) is 1.82. The van der Waals surface area contributed by atoms with Crippen molar-refractivity contribution in [2.24, 2.45) is 0 Å². The van der Waals surface area contributed by atoms with Crippen LogP contribution in [0.15, 0.2) is 24.4 Å². The van der Waals surface area contributed by atoms with Gasteiger partial charge in [0.2, 0.25) is 0 Å². The van der Waals surface area contributed by atoms with Gasteiger partial charge < -0.3 is 21.4 Å². The minimum Gasteiger partial charge on any atom is -0.506 e. The second-order valence-corrected chi connectivity index (χ2v) is 3.29. The zero-order valence-electron chi connectivity index (χ0n) is 8.14. The first-order chi connectivity index (χ1) is 7.22. The fourth-order valence-corrected chi connectivity index (χ4v) is 1.50. The van der Waals surface area contributed by atoms with Crippen LogP contribution in [0, 0.1) is 0 Å². The second kappa shape index (κ2) is 3.70. The van der Waals surface area contributed by atoms with Crippen LogP contribution in [0.1, 0.15) is 0 Å². The minimum absolute atomic E-state index is 0.0562. The van der Waals surface area contributed by atoms with Gasteiger partial charge in [-0.25, -0.2) is 0 Å². The zero-order chi connectivity index (χ0) is 10.8. The van der Waals surface area contributed by atoms with E-state index in [0.717, 1.165) is 10.9 Å². The summed E-state index contributed by atoms with van der Waals surface area (Å²) in [5.74, 6) is 0.0632. The molecule has 0 aliphatic rings. The molecule has 5 heteroatoms. The number of aromatic nitrogens is 1. The number of benzene rings is 1. The number of phenolic OH excluding ortho intramolecular Hbond substituents is 1. The number of aliphatic hydroxyl groups excluding tert-OH is 1. The lowest BCUT2D eigenvalue weighted by molar-refractivity contribution is 0.307. The molecule has 5 N–H and O–H groups in total. The monoisotopic (exact) mass is 207 g/mol. The van der Waals surface area contributed by atoms with Crippen LogP contribution in [-0.2, 0) is 0 Å². The van der Waals surface area contributed by atoms with Crippen LogP contribution in [0.25, 0.3) is 10.9 Å². The minimum atomic E-state index is 0.0562. The fraction of sp³-hybridized carbons (Fsp3) is 0.200. The van der Waals surface area contributed by atoms with Gasteiger partial charge >= 0.3 is 0 Å². The van der Waals surface area contributed by atoms with Crippen molar-refractivity contribution < 1.29 is 10.2 Å². The molecule has 0 saturated heterocycles. The van der Waals surface area contributed by atoms with Gasteiger partial charge in [0.25, 0.3) is 0 Å². The Morgan fingerprint density at radius 3 is 2.93 bits per heavy atom. The van der Waals surface area contributed by atoms with Crippen molar-refractivity contribution in [2.45, 2.75) is 0 Å². The molecule has 0 fully saturated rings. The molecule has 0 radical (unpaired) electrons. The molecule has 0 aliphatic heterocycles. The van der Waals surface area contributed by atoms with E-state index in [-0.39, 0.29) is 12.4 Å². The molecular formula is C10H13N3O2. The van der Waals surface area contributed by atoms with Gasteiger partial charge in [0.05, 0.1) is 24.4 Å². The van der Waals surface area contributed by atoms with E-state index in [1.54, 1.807) is 16.8 Å². The van der Waals surface area contributed by atoms with E-state index in [4.69, 9.17) is 10.8 Å². The molecule has 5 nitrogen and oxygen atoms in total. The Kier molecular flexibility index (Phi) is 2.39. The largest absolute Gasteiger partial charge is 0.506 e. The highest BCUT2D eigenvalue weighted by molar-refractivity contribution is 5.86. The standard InChI is InChI=1S/C10H13N3O2/c11-8-5-7-1-3-13(12-2-4-14)9(7)6-10(8)15/h1,3,5-6,12,14-15H,2,4,11H2. The highest BCUT2D eigenvalue weighted by atomic mass is 16.3. The van der Waals surface area contributed by atoms with Crippen LogP contribution in [-0.4, -0.2) is 28.0 Å². The molecular weight excluding hydrogens is 194 g/mol. The van der Waals surface area contributed by atoms with Crippen LogP contribution in [0.2, 0.25) is 0 Å². The van der Waals surface area contributed by atoms with Crippen molar-refractivity contribution in [3.63, 3.8) is 0 Å². The van der Waals surface area contributed by atoms with E-state index in [2.05, 4.69) is 5.43 Å². The Bertz CT molecular complexity index is 479. The Morgan fingerprint density at radius 2 is 2.20 bits per heavy atom. The summed E-state index contributed by atoms with van der Waals surface area (Å²) >= 11 is 0. The molecule has 1 heterocycles. The number of phenols is 1. The third-order valence-electron chi connectivity index (χ3n) is 2.23. The first-order valence-electron chi connectivity index (χ1n) is 4.66. The fourth-order valence-electron chi connectivity index (χ4n) is 1.50. The van der Waals surface area contributed by atoms with Crippen LogP contribution in [0.5, 0.6) is 5.75 Å². The lowest BCUT2D eigenvalue weighted by Gasteiger charge is -2.08. The third-order valence-corrected chi connectivity index (χ3v) is 2.23. The molecule has 15 heavy (non-hydrogen) atoms. The maximum Gasteiger partial charge on any atom is 0.140 e. The Hall–Kier alpha value is -1.88. The summed E-state index contributed by atoms with van der Waals surface area (Å²) in [6, 6.07) is 5.19. The van der Waals surface area contributed by atoms with Gasteiger partial charge in [0.15, 0.2) is 0 Å². The van der Waals surface area contributed by atoms with Gasteiger partial charge in [-0.15, -0.1) is 0 Å². The van der Waals surface area contributed by atoms with Crippen LogP contribution in [0.3, 0.4) is 0 Å². The number of hydrogen-bond donors (Lipinski definition) is 4. The Balaban J connectivity index is 2.45. The normalized spacial score (nSPS) is 10.7. The number of hydrogen-bond acceptors (Lipinski definition) is 4. The number of nitrogens with zero attached hydrogens (tertiary/aromatic N) is 1. The van der Waals surface area contributed by atoms with Crippen molar-refractivity contribution in [2.75, 3.05) is 24.3 Å². The van der Waals surface area contributed by atoms with Gasteiger partial charge in [0, 0.05) is 17.6 Å². The predicted molar refractivity (Wildman–Crippen MR) is 59.3 cm³/mol. The maximum absolute atomic E-state index is 9.47. The average Bonchev–Trinajstić information content (AvgIpc) is 2.59. The first kappa shape index (κ1) is 9.67. The Labute approximate surface area is 86.7 Å². The highest BCUT2D eigenvalue weighted by Crippen LogP contribution is 2.26. The van der Waals surface area contributed by atoms with Gasteiger partial charge in [-0.2, -0.15) is 0 Å². The molecule has 2 rings (SSSR count). The molecule has 0 spiro atoms. The van der Waals surface area contributed by atoms with Crippen molar-refractivity contribution in [3.8, 4) is 5.75 Å². The summed E-state index contributed by atoms with van der Waals surface area (Å²) in [7, 11) is 0. The quantitative estimate of drug-likeness (QED) is 0.435. The number of fused-ring (bicyclic) bond motifs is 1. The van der Waals surface area contributed by atoms with Crippen molar-refractivity contribution in [1.82, 2.24) is 4.68 Å². The molecule has 0 saturated carbocycles. The van der Waals surface area contributed by atoms with Gasteiger partial charge in [0.1, 0.15) is 5.75 Å². The molecule has 0 bridgehead atoms. The van der Waals surface area contributed by atoms with E-state index in [1.165, 1.54) is 0 Å². The van der Waals surface area contributed by atoms with Crippen molar-refractivity contribution in [1.29, 1.82) is 0 Å². The van der Waals surface area contributed by atoms with E-state index >= 15 is 0 Å². The summed E-state index contributed by atoms with van der Waals surface area (Å²) in [5.41, 5.74) is 9.75. The van der Waals surface area contributed by atoms with Gasteiger partial charge in [-0.3, -0.25) is 4.68 Å². The summed E-state index contributed by atoms with van der Waals surface area (Å²) in [4.78, 5) is 0. The summed E-state index contributed by atoms with van der Waals surface area (Å²) in [5, 5.41) is 19.1. The Morgan fingerprint density at radius 1 is 1.40 bits per heavy atom. The van der Waals surface area contributed by atoms with Crippen LogP contribution in [0.4, 0.5) is 5.69 Å². The van der Waals surface area contributed by atoms with Crippen molar-refractivity contribution >= 4 is 16.6 Å². The molecule has 1 aromatic carbocycles. The number of nitrogen functional groups attached to an aromatic ring is 1. The zero-order valence-corrected chi connectivity index (χ0v) is 8.14. The average molecular weight is 207 g/mol. The lowest BCUT2D eigenvalue weighted by atomic mass is 10.2. The number of aliphatic hydroxyl groups is 1. The first-order valence-corrected chi connectivity index (χ1v) is 4.66. The molecule has 1 aromatic heterocycles. The highest BCUT2D eigenvalue weighted by Gasteiger charge is 2.04. The number of nitrogens with two attached hydrogens (primary N) is 1. The molecule has 2 aromatic rings. The number of nitrogens with one attached hydrogen (secondary N) is 1. The van der Waals surface area contributed by atoms with E-state index in [0.29, 0.717) is 12.2 Å². The van der Waals surface area contributed by atoms with Gasteiger partial charge in [-0.1, -0.05) is 0 Å². The predicted octanol–water partition coefficient (Wildman–Crippen LogP) is 0.465. The number of anilines is 1. The molecule has 0 unspecified atom stereocenters. The molecule has 0 aliphatic carbocycles. The van der Waals surface area contributed by atoms with Gasteiger partial charge in [-0.05, 0) is 12.1 Å². The smallest absolute Gasteiger partial charge is 0.140 e. The maximum atomic E-state index is 9.47. The topological polar surface area (TPSA) is 83.4 Å². The summed E-state index contributed by atoms with van der Waals surface area (Å²) < 4.78 is 1.74. The van der Waals surface area contributed by atoms with Crippen molar-refractivity contribution in [3.05, 3.63) is 24.4 Å². The number of rotatable bonds is 3. The van der Waals surface area contributed by atoms with E-state index in [1.807, 2.05) is 12.3 Å². The van der Waals surface area contributed by atoms with E-state index in [9.17, 15) is 5.11 Å². The lowest BCUT2D eigenvalue weighted by Crippen LogP contribution is -2.17. The van der Waals surface area contributed by atoms with Crippen LogP contribution >= 0.6 is 0 Å². The molecule has 0 atom stereocenters. The third kappa shape index (κ3) is 1.69. The van der Waals surface area contributed by atoms with E-state index < -0.39 is 0 Å². The van der Waals surface area contributed by atoms with Crippen LogP contribution < -0.4 is 11.2 Å². The second-order valence-electron chi connectivity index (χ2n) is 3.29. The number of aromatic hydroxyl groups is 1.